The summed E-state index contributed by atoms with van der Waals surface area (Å²) < 4.78 is 28.0. The Labute approximate surface area is 122 Å². The topological polar surface area (TPSA) is 85.2 Å². The summed E-state index contributed by atoms with van der Waals surface area (Å²) in [4.78, 5) is 0. The van der Waals surface area contributed by atoms with E-state index in [1.807, 2.05) is 13.8 Å². The molecule has 0 aromatic rings. The zero-order chi connectivity index (χ0) is 15.6. The standard InChI is InChI=1S/C10H21O4P.C3H8O2/c1-3-13-15(11,14-4-2)9-7-10-6-5-8-12-10;1-3(2,4)5/h10H,3-9H2,1-2H3;4-5H,1-2H3. The molecule has 1 atom stereocenters. The first-order chi connectivity index (χ1) is 9.20. The number of ether oxygens (including phenoxy) is 1. The molecule has 7 heteroatoms. The largest absolute Gasteiger partial charge is 0.378 e. The van der Waals surface area contributed by atoms with Crippen LogP contribution in [-0.4, -0.2) is 48.1 Å². The summed E-state index contributed by atoms with van der Waals surface area (Å²) in [5, 5.41) is 16.2. The Kier molecular flexibility index (Phi) is 9.89. The lowest BCUT2D eigenvalue weighted by molar-refractivity contribution is -0.127. The maximum atomic E-state index is 12.1. The first kappa shape index (κ1) is 20.0. The summed E-state index contributed by atoms with van der Waals surface area (Å²) in [6.45, 7) is 7.96. The summed E-state index contributed by atoms with van der Waals surface area (Å²) in [5.74, 6) is -1.50. The Morgan fingerprint density at radius 3 is 2.10 bits per heavy atom. The average molecular weight is 312 g/mol. The molecule has 0 spiro atoms. The highest BCUT2D eigenvalue weighted by Crippen LogP contribution is 2.49. The van der Waals surface area contributed by atoms with E-state index < -0.39 is 13.4 Å². The van der Waals surface area contributed by atoms with Crippen LogP contribution < -0.4 is 0 Å². The van der Waals surface area contributed by atoms with E-state index in [9.17, 15) is 4.57 Å². The van der Waals surface area contributed by atoms with E-state index in [2.05, 4.69) is 0 Å². The molecule has 0 bridgehead atoms. The van der Waals surface area contributed by atoms with Crippen molar-refractivity contribution in [3.63, 3.8) is 0 Å². The molecular weight excluding hydrogens is 283 g/mol. The molecule has 0 saturated carbocycles. The predicted octanol–water partition coefficient (Wildman–Crippen LogP) is 2.53. The Bertz CT molecular complexity index is 267. The maximum Gasteiger partial charge on any atom is 0.330 e. The van der Waals surface area contributed by atoms with Gasteiger partial charge >= 0.3 is 7.60 Å². The zero-order valence-electron chi connectivity index (χ0n) is 13.0. The Hall–Kier alpha value is 0.0300. The van der Waals surface area contributed by atoms with Crippen molar-refractivity contribution in [3.8, 4) is 0 Å². The smallest absolute Gasteiger partial charge is 0.330 e. The van der Waals surface area contributed by atoms with Crippen molar-refractivity contribution in [3.05, 3.63) is 0 Å². The fourth-order valence-corrected chi connectivity index (χ4v) is 3.46. The van der Waals surface area contributed by atoms with Crippen LogP contribution in [0.3, 0.4) is 0 Å². The van der Waals surface area contributed by atoms with Gasteiger partial charge in [0.25, 0.3) is 0 Å². The summed E-state index contributed by atoms with van der Waals surface area (Å²) >= 11 is 0. The van der Waals surface area contributed by atoms with Gasteiger partial charge in [-0.15, -0.1) is 0 Å². The molecule has 1 aliphatic rings. The van der Waals surface area contributed by atoms with Crippen molar-refractivity contribution in [1.29, 1.82) is 0 Å². The highest BCUT2D eigenvalue weighted by atomic mass is 31.2. The summed E-state index contributed by atoms with van der Waals surface area (Å²) in [6, 6.07) is 0. The summed E-state index contributed by atoms with van der Waals surface area (Å²) in [5.41, 5.74) is 0. The first-order valence-corrected chi connectivity index (χ1v) is 8.87. The van der Waals surface area contributed by atoms with Crippen LogP contribution in [0.15, 0.2) is 0 Å². The van der Waals surface area contributed by atoms with Crippen molar-refractivity contribution in [2.24, 2.45) is 0 Å². The van der Waals surface area contributed by atoms with E-state index in [1.54, 1.807) is 0 Å². The molecule has 0 aliphatic carbocycles. The van der Waals surface area contributed by atoms with Gasteiger partial charge in [-0.25, -0.2) is 0 Å². The molecule has 20 heavy (non-hydrogen) atoms. The van der Waals surface area contributed by atoms with Crippen LogP contribution >= 0.6 is 7.60 Å². The normalized spacial score (nSPS) is 19.6. The van der Waals surface area contributed by atoms with E-state index in [0.717, 1.165) is 25.9 Å². The minimum atomic E-state index is -2.85. The Morgan fingerprint density at radius 2 is 1.75 bits per heavy atom. The van der Waals surface area contributed by atoms with Crippen LogP contribution in [0.1, 0.15) is 47.0 Å². The van der Waals surface area contributed by atoms with Gasteiger partial charge in [0.2, 0.25) is 0 Å². The Morgan fingerprint density at radius 1 is 1.25 bits per heavy atom. The highest BCUT2D eigenvalue weighted by Gasteiger charge is 2.26. The second kappa shape index (κ2) is 9.87. The lowest BCUT2D eigenvalue weighted by Gasteiger charge is -2.18. The van der Waals surface area contributed by atoms with E-state index >= 15 is 0 Å². The molecule has 1 heterocycles. The Balaban J connectivity index is 0.000000621. The van der Waals surface area contributed by atoms with Crippen molar-refractivity contribution < 1.29 is 28.6 Å². The fraction of sp³-hybridized carbons (Fsp3) is 1.00. The van der Waals surface area contributed by atoms with E-state index in [4.69, 9.17) is 24.0 Å². The fourth-order valence-electron chi connectivity index (χ4n) is 1.73. The summed E-state index contributed by atoms with van der Waals surface area (Å²) in [7, 11) is -2.85. The van der Waals surface area contributed by atoms with Crippen LogP contribution in [0, 0.1) is 0 Å². The molecule has 1 aliphatic heterocycles. The monoisotopic (exact) mass is 312 g/mol. The molecule has 122 valence electrons. The van der Waals surface area contributed by atoms with Gasteiger partial charge in [-0.3, -0.25) is 4.57 Å². The van der Waals surface area contributed by atoms with Gasteiger partial charge in [0.1, 0.15) is 0 Å². The third kappa shape index (κ3) is 11.8. The molecule has 0 aromatic carbocycles. The molecule has 0 amide bonds. The van der Waals surface area contributed by atoms with Crippen LogP contribution in [-0.2, 0) is 18.3 Å². The number of hydrogen-bond donors (Lipinski definition) is 2. The molecule has 0 radical (unpaired) electrons. The number of rotatable bonds is 7. The van der Waals surface area contributed by atoms with Crippen molar-refractivity contribution in [2.75, 3.05) is 26.0 Å². The lowest BCUT2D eigenvalue weighted by Crippen LogP contribution is -2.15. The number of aliphatic hydroxyl groups is 2. The number of hydrogen-bond acceptors (Lipinski definition) is 6. The van der Waals surface area contributed by atoms with Crippen LogP contribution in [0.4, 0.5) is 0 Å². The molecule has 1 unspecified atom stereocenters. The van der Waals surface area contributed by atoms with Gasteiger partial charge in [0.05, 0.1) is 25.5 Å². The second-order valence-electron chi connectivity index (χ2n) is 5.09. The molecule has 1 rings (SSSR count). The third-order valence-electron chi connectivity index (χ3n) is 2.40. The quantitative estimate of drug-likeness (QED) is 0.555. The minimum absolute atomic E-state index is 0.249. The molecule has 0 aromatic heterocycles. The SMILES string of the molecule is CC(C)(O)O.CCOP(=O)(CCC1CCCO1)OCC. The van der Waals surface area contributed by atoms with Gasteiger partial charge in [-0.1, -0.05) is 0 Å². The molecule has 2 N–H and O–H groups in total. The van der Waals surface area contributed by atoms with Crippen molar-refractivity contribution in [1.82, 2.24) is 0 Å². The van der Waals surface area contributed by atoms with Gasteiger partial charge < -0.3 is 24.0 Å². The van der Waals surface area contributed by atoms with Crippen molar-refractivity contribution >= 4 is 7.60 Å². The van der Waals surface area contributed by atoms with Gasteiger partial charge in [0.15, 0.2) is 5.79 Å². The lowest BCUT2D eigenvalue weighted by atomic mass is 10.2. The van der Waals surface area contributed by atoms with Gasteiger partial charge in [-0.05, 0) is 47.0 Å². The predicted molar refractivity (Wildman–Crippen MR) is 77.8 cm³/mol. The second-order valence-corrected chi connectivity index (χ2v) is 7.27. The minimum Gasteiger partial charge on any atom is -0.378 e. The van der Waals surface area contributed by atoms with Gasteiger partial charge in [-0.2, -0.15) is 0 Å². The average Bonchev–Trinajstić information content (AvgIpc) is 2.77. The summed E-state index contributed by atoms with van der Waals surface area (Å²) in [6.07, 6.45) is 3.67. The third-order valence-corrected chi connectivity index (χ3v) is 4.51. The van der Waals surface area contributed by atoms with E-state index in [0.29, 0.717) is 19.4 Å². The van der Waals surface area contributed by atoms with Crippen LogP contribution in [0.2, 0.25) is 0 Å². The van der Waals surface area contributed by atoms with Gasteiger partial charge in [0, 0.05) is 6.61 Å². The molecule has 6 nitrogen and oxygen atoms in total. The highest BCUT2D eigenvalue weighted by molar-refractivity contribution is 7.53. The first-order valence-electron chi connectivity index (χ1n) is 7.14. The van der Waals surface area contributed by atoms with Crippen LogP contribution in [0.5, 0.6) is 0 Å². The molecule has 1 fully saturated rings. The molecular formula is C13H29O6P. The van der Waals surface area contributed by atoms with E-state index in [-0.39, 0.29) is 6.10 Å². The van der Waals surface area contributed by atoms with Crippen molar-refractivity contribution in [2.45, 2.75) is 58.8 Å². The zero-order valence-corrected chi connectivity index (χ0v) is 13.9. The van der Waals surface area contributed by atoms with E-state index in [1.165, 1.54) is 13.8 Å². The van der Waals surface area contributed by atoms with Crippen LogP contribution in [0.25, 0.3) is 0 Å². The maximum absolute atomic E-state index is 12.1. The molecule has 1 saturated heterocycles.